The van der Waals surface area contributed by atoms with Gasteiger partial charge >= 0.3 is 0 Å². The van der Waals surface area contributed by atoms with Gasteiger partial charge in [-0.05, 0) is 31.4 Å². The lowest BCUT2D eigenvalue weighted by Gasteiger charge is -2.28. The highest BCUT2D eigenvalue weighted by molar-refractivity contribution is 7.99. The van der Waals surface area contributed by atoms with Crippen molar-refractivity contribution in [2.75, 3.05) is 37.5 Å². The van der Waals surface area contributed by atoms with Crippen LogP contribution in [0, 0.1) is 0 Å². The minimum absolute atomic E-state index is 0.0243. The van der Waals surface area contributed by atoms with Gasteiger partial charge < -0.3 is 9.64 Å². The van der Waals surface area contributed by atoms with Gasteiger partial charge in [0, 0.05) is 43.7 Å². The Morgan fingerprint density at radius 1 is 1.33 bits per heavy atom. The van der Waals surface area contributed by atoms with Crippen LogP contribution in [0.4, 0.5) is 0 Å². The van der Waals surface area contributed by atoms with Crippen LogP contribution < -0.4 is 0 Å². The first-order valence-electron chi connectivity index (χ1n) is 9.95. The molecule has 1 atom stereocenters. The second-order valence-electron chi connectivity index (χ2n) is 7.57. The zero-order valence-corrected chi connectivity index (χ0v) is 18.4. The molecule has 9 nitrogen and oxygen atoms in total. The summed E-state index contributed by atoms with van der Waals surface area (Å²) in [5, 5.41) is 9.37. The Balaban J connectivity index is 1.48. The molecule has 0 radical (unpaired) electrons. The van der Waals surface area contributed by atoms with E-state index in [1.807, 2.05) is 12.1 Å². The molecule has 1 unspecified atom stereocenters. The Labute approximate surface area is 180 Å². The van der Waals surface area contributed by atoms with Gasteiger partial charge in [-0.1, -0.05) is 11.8 Å². The van der Waals surface area contributed by atoms with Gasteiger partial charge in [-0.15, -0.1) is 10.2 Å². The third kappa shape index (κ3) is 4.84. The van der Waals surface area contributed by atoms with Gasteiger partial charge in [0.1, 0.15) is 0 Å². The Kier molecular flexibility index (Phi) is 6.40. The van der Waals surface area contributed by atoms with E-state index in [0.717, 1.165) is 24.2 Å². The number of hydrogen-bond donors (Lipinski definition) is 0. The third-order valence-electron chi connectivity index (χ3n) is 5.33. The van der Waals surface area contributed by atoms with E-state index < -0.39 is 9.84 Å². The van der Waals surface area contributed by atoms with E-state index in [9.17, 15) is 13.2 Å². The maximum atomic E-state index is 13.0. The van der Waals surface area contributed by atoms with Crippen molar-refractivity contribution in [3.05, 3.63) is 24.5 Å². The third-order valence-corrected chi connectivity index (χ3v) is 8.01. The molecule has 1 aliphatic heterocycles. The molecule has 162 valence electrons. The second kappa shape index (κ2) is 9.03. The summed E-state index contributed by atoms with van der Waals surface area (Å²) in [7, 11) is -1.51. The first-order valence-corrected chi connectivity index (χ1v) is 12.8. The lowest BCUT2D eigenvalue weighted by Crippen LogP contribution is -2.44. The fourth-order valence-corrected chi connectivity index (χ4v) is 6.28. The normalized spacial score (nSPS) is 20.4. The lowest BCUT2D eigenvalue weighted by molar-refractivity contribution is -0.130. The molecule has 11 heteroatoms. The van der Waals surface area contributed by atoms with E-state index in [1.165, 1.54) is 11.8 Å². The van der Waals surface area contributed by atoms with Crippen LogP contribution in [0.25, 0.3) is 11.4 Å². The van der Waals surface area contributed by atoms with E-state index in [0.29, 0.717) is 30.8 Å². The number of rotatable bonds is 9. The Bertz CT molecular complexity index is 992. The molecule has 2 fully saturated rings. The molecule has 0 aromatic carbocycles. The summed E-state index contributed by atoms with van der Waals surface area (Å²) in [6.45, 7) is 0.753. The van der Waals surface area contributed by atoms with Crippen LogP contribution >= 0.6 is 11.8 Å². The molecule has 0 bridgehead atoms. The van der Waals surface area contributed by atoms with Gasteiger partial charge in [-0.2, -0.15) is 0 Å². The summed E-state index contributed by atoms with van der Waals surface area (Å²) >= 11 is 1.35. The average molecular weight is 452 g/mol. The summed E-state index contributed by atoms with van der Waals surface area (Å²) in [5.41, 5.74) is 0.896. The highest BCUT2D eigenvalue weighted by Gasteiger charge is 2.35. The summed E-state index contributed by atoms with van der Waals surface area (Å²) in [5.74, 6) is 0.992. The number of ether oxygens (including phenoxy) is 1. The number of carbonyl (C=O) groups is 1. The predicted octanol–water partition coefficient (Wildman–Crippen LogP) is 1.43. The first kappa shape index (κ1) is 21.3. The van der Waals surface area contributed by atoms with Crippen molar-refractivity contribution in [1.29, 1.82) is 0 Å². The highest BCUT2D eigenvalue weighted by atomic mass is 32.2. The minimum atomic E-state index is -3.08. The number of carbonyl (C=O) groups excluding carboxylic acids is 1. The van der Waals surface area contributed by atoms with Crippen LogP contribution in [0.5, 0.6) is 0 Å². The van der Waals surface area contributed by atoms with Gasteiger partial charge in [0.2, 0.25) is 5.91 Å². The van der Waals surface area contributed by atoms with Crippen LogP contribution in [0.3, 0.4) is 0 Å². The molecule has 2 aromatic rings. The van der Waals surface area contributed by atoms with Crippen molar-refractivity contribution in [2.24, 2.45) is 0 Å². The average Bonchev–Trinajstić information content (AvgIpc) is 3.39. The molecule has 1 saturated heterocycles. The zero-order valence-electron chi connectivity index (χ0n) is 16.8. The molecule has 0 N–H and O–H groups in total. The number of hydrogen-bond acceptors (Lipinski definition) is 8. The molecule has 1 amide bonds. The molecule has 1 aliphatic carbocycles. The fraction of sp³-hybridized carbons (Fsp3) is 0.579. The van der Waals surface area contributed by atoms with Crippen LogP contribution in [0.1, 0.15) is 25.3 Å². The maximum Gasteiger partial charge on any atom is 0.233 e. The Hall–Kier alpha value is -1.98. The van der Waals surface area contributed by atoms with E-state index in [1.54, 1.807) is 24.4 Å². The summed E-state index contributed by atoms with van der Waals surface area (Å²) in [6, 6.07) is 3.87. The molecular formula is C19H25N5O4S2. The van der Waals surface area contributed by atoms with Gasteiger partial charge in [-0.3, -0.25) is 14.3 Å². The van der Waals surface area contributed by atoms with Crippen LogP contribution in [-0.2, 0) is 19.4 Å². The van der Waals surface area contributed by atoms with Crippen LogP contribution in [0.2, 0.25) is 0 Å². The second-order valence-corrected chi connectivity index (χ2v) is 10.7. The summed E-state index contributed by atoms with van der Waals surface area (Å²) in [6.07, 6.45) is 6.08. The van der Waals surface area contributed by atoms with Gasteiger partial charge in [0.15, 0.2) is 20.8 Å². The number of methoxy groups -OCH3 is 1. The summed E-state index contributed by atoms with van der Waals surface area (Å²) in [4.78, 5) is 18.8. The fourth-order valence-electron chi connectivity index (χ4n) is 3.66. The molecule has 30 heavy (non-hydrogen) atoms. The van der Waals surface area contributed by atoms with Crippen molar-refractivity contribution < 1.29 is 17.9 Å². The number of aromatic nitrogens is 4. The number of pyridine rings is 1. The zero-order chi connectivity index (χ0) is 21.1. The lowest BCUT2D eigenvalue weighted by atomic mass is 10.2. The van der Waals surface area contributed by atoms with Gasteiger partial charge in [0.05, 0.1) is 23.9 Å². The van der Waals surface area contributed by atoms with E-state index >= 15 is 0 Å². The Morgan fingerprint density at radius 2 is 2.17 bits per heavy atom. The topological polar surface area (TPSA) is 107 Å². The van der Waals surface area contributed by atoms with Crippen LogP contribution in [0.15, 0.2) is 29.7 Å². The molecule has 0 spiro atoms. The highest BCUT2D eigenvalue weighted by Crippen LogP contribution is 2.41. The predicted molar refractivity (Wildman–Crippen MR) is 113 cm³/mol. The minimum Gasteiger partial charge on any atom is -0.383 e. The monoisotopic (exact) mass is 451 g/mol. The molecule has 4 rings (SSSR count). The molecule has 2 aromatic heterocycles. The van der Waals surface area contributed by atoms with Crippen molar-refractivity contribution in [3.8, 4) is 11.4 Å². The smallest absolute Gasteiger partial charge is 0.233 e. The molecular weight excluding hydrogens is 426 g/mol. The molecule has 3 heterocycles. The first-order chi connectivity index (χ1) is 14.5. The largest absolute Gasteiger partial charge is 0.383 e. The van der Waals surface area contributed by atoms with E-state index in [4.69, 9.17) is 4.74 Å². The van der Waals surface area contributed by atoms with Gasteiger partial charge in [0.25, 0.3) is 0 Å². The van der Waals surface area contributed by atoms with E-state index in [-0.39, 0.29) is 29.2 Å². The maximum absolute atomic E-state index is 13.0. The number of nitrogens with zero attached hydrogens (tertiary/aromatic N) is 5. The van der Waals surface area contributed by atoms with Gasteiger partial charge in [-0.25, -0.2) is 8.42 Å². The molecule has 1 saturated carbocycles. The van der Waals surface area contributed by atoms with E-state index in [2.05, 4.69) is 19.7 Å². The standard InChI is InChI=1S/C19H25N5O4S2/c1-28-9-8-23(16-6-10-30(26,27)13-16)17(25)12-29-19-22-21-18(24(19)15-4-5-15)14-3-2-7-20-11-14/h2-3,7,11,15-16H,4-6,8-10,12-13H2,1H3. The SMILES string of the molecule is COCCN(C(=O)CSc1nnc(-c2cccnc2)n1C1CC1)C1CCS(=O)(=O)C1. The van der Waals surface area contributed by atoms with Crippen molar-refractivity contribution >= 4 is 27.5 Å². The molecule has 2 aliphatic rings. The number of thioether (sulfide) groups is 1. The Morgan fingerprint density at radius 3 is 2.80 bits per heavy atom. The van der Waals surface area contributed by atoms with Crippen molar-refractivity contribution in [3.63, 3.8) is 0 Å². The quantitative estimate of drug-likeness (QED) is 0.527. The number of amides is 1. The summed E-state index contributed by atoms with van der Waals surface area (Å²) < 4.78 is 31.0. The number of sulfone groups is 1. The van der Waals surface area contributed by atoms with Crippen LogP contribution in [-0.4, -0.2) is 82.5 Å². The van der Waals surface area contributed by atoms with Crippen molar-refractivity contribution in [2.45, 2.75) is 36.5 Å². The van der Waals surface area contributed by atoms with Crippen molar-refractivity contribution in [1.82, 2.24) is 24.6 Å².